The zero-order valence-corrected chi connectivity index (χ0v) is 18.7. The number of thiophene rings is 1. The van der Waals surface area contributed by atoms with Crippen LogP contribution in [0.25, 0.3) is 22.2 Å². The number of pyridine rings is 1. The van der Waals surface area contributed by atoms with E-state index in [9.17, 15) is 9.59 Å². The van der Waals surface area contributed by atoms with E-state index in [2.05, 4.69) is 5.32 Å². The summed E-state index contributed by atoms with van der Waals surface area (Å²) in [6.45, 7) is 3.74. The standard InChI is InChI=1S/C24H19ClN2O3S/c1-13-14(2)31-23(21(13)24(29)30-3)27-22(28)17-12-20(16-9-4-6-10-18(16)25)26-19-11-7-5-8-15(17)19/h4-12H,1-3H3,(H,27,28). The fourth-order valence-corrected chi connectivity index (χ4v) is 4.68. The van der Waals surface area contributed by atoms with E-state index >= 15 is 0 Å². The Morgan fingerprint density at radius 1 is 1.06 bits per heavy atom. The molecule has 0 fully saturated rings. The average molecular weight is 451 g/mol. The van der Waals surface area contributed by atoms with E-state index in [1.54, 1.807) is 12.1 Å². The van der Waals surface area contributed by atoms with Crippen LogP contribution in [0.5, 0.6) is 0 Å². The molecule has 31 heavy (non-hydrogen) atoms. The van der Waals surface area contributed by atoms with Crippen LogP contribution in [0.3, 0.4) is 0 Å². The van der Waals surface area contributed by atoms with E-state index in [1.165, 1.54) is 18.4 Å². The molecule has 1 amide bonds. The number of aromatic nitrogens is 1. The lowest BCUT2D eigenvalue weighted by atomic mass is 10.0. The van der Waals surface area contributed by atoms with Crippen LogP contribution >= 0.6 is 22.9 Å². The first-order valence-corrected chi connectivity index (χ1v) is 10.7. The number of carbonyl (C=O) groups is 2. The topological polar surface area (TPSA) is 68.3 Å². The summed E-state index contributed by atoms with van der Waals surface area (Å²) in [5, 5.41) is 4.63. The number of fused-ring (bicyclic) bond motifs is 1. The van der Waals surface area contributed by atoms with Gasteiger partial charge in [0.05, 0.1) is 29.4 Å². The summed E-state index contributed by atoms with van der Waals surface area (Å²) in [5.41, 5.74) is 3.63. The first-order valence-electron chi connectivity index (χ1n) is 9.55. The lowest BCUT2D eigenvalue weighted by Crippen LogP contribution is -2.15. The van der Waals surface area contributed by atoms with Crippen molar-refractivity contribution in [2.45, 2.75) is 13.8 Å². The summed E-state index contributed by atoms with van der Waals surface area (Å²) < 4.78 is 4.91. The Morgan fingerprint density at radius 2 is 1.77 bits per heavy atom. The molecule has 5 nitrogen and oxygen atoms in total. The highest BCUT2D eigenvalue weighted by molar-refractivity contribution is 7.16. The van der Waals surface area contributed by atoms with Crippen molar-refractivity contribution in [1.82, 2.24) is 4.98 Å². The lowest BCUT2D eigenvalue weighted by Gasteiger charge is -2.11. The van der Waals surface area contributed by atoms with Crippen LogP contribution < -0.4 is 5.32 Å². The smallest absolute Gasteiger partial charge is 0.341 e. The van der Waals surface area contributed by atoms with Crippen LogP contribution in [0.1, 0.15) is 31.2 Å². The van der Waals surface area contributed by atoms with E-state index in [1.807, 2.05) is 56.3 Å². The van der Waals surface area contributed by atoms with Gasteiger partial charge < -0.3 is 10.1 Å². The Bertz CT molecular complexity index is 1330. The van der Waals surface area contributed by atoms with Crippen LogP contribution in [0.15, 0.2) is 54.6 Å². The number of aryl methyl sites for hydroxylation is 1. The second-order valence-electron chi connectivity index (χ2n) is 6.99. The zero-order chi connectivity index (χ0) is 22.1. The normalized spacial score (nSPS) is 10.8. The van der Waals surface area contributed by atoms with E-state index in [0.29, 0.717) is 37.7 Å². The molecule has 0 bridgehead atoms. The number of methoxy groups -OCH3 is 1. The minimum absolute atomic E-state index is 0.335. The SMILES string of the molecule is COC(=O)c1c(NC(=O)c2cc(-c3ccccc3Cl)nc3ccccc23)sc(C)c1C. The van der Waals surface area contributed by atoms with Crippen LogP contribution in [0.2, 0.25) is 5.02 Å². The number of nitrogens with zero attached hydrogens (tertiary/aromatic N) is 1. The number of nitrogens with one attached hydrogen (secondary N) is 1. The molecule has 0 unspecified atom stereocenters. The predicted molar refractivity (Wildman–Crippen MR) is 125 cm³/mol. The molecule has 0 saturated carbocycles. The molecular formula is C24H19ClN2O3S. The molecule has 0 aliphatic carbocycles. The Labute approximate surface area is 188 Å². The van der Waals surface area contributed by atoms with Crippen molar-refractivity contribution < 1.29 is 14.3 Å². The van der Waals surface area contributed by atoms with Crippen molar-refractivity contribution >= 4 is 50.7 Å². The molecule has 0 atom stereocenters. The van der Waals surface area contributed by atoms with Gasteiger partial charge in [0, 0.05) is 20.8 Å². The molecule has 2 aromatic carbocycles. The number of ether oxygens (including phenoxy) is 1. The van der Waals surface area contributed by atoms with E-state index < -0.39 is 5.97 Å². The highest BCUT2D eigenvalue weighted by Crippen LogP contribution is 2.34. The molecule has 0 spiro atoms. The number of anilines is 1. The summed E-state index contributed by atoms with van der Waals surface area (Å²) >= 11 is 7.72. The third-order valence-electron chi connectivity index (χ3n) is 5.11. The van der Waals surface area contributed by atoms with Gasteiger partial charge in [-0.3, -0.25) is 4.79 Å². The van der Waals surface area contributed by atoms with Crippen LogP contribution in [0.4, 0.5) is 5.00 Å². The number of amides is 1. The number of para-hydroxylation sites is 1. The third kappa shape index (κ3) is 3.92. The van der Waals surface area contributed by atoms with Crippen LogP contribution in [-0.4, -0.2) is 24.0 Å². The maximum atomic E-state index is 13.4. The molecule has 156 valence electrons. The molecule has 1 N–H and O–H groups in total. The molecule has 0 aliphatic rings. The Morgan fingerprint density at radius 3 is 2.52 bits per heavy atom. The van der Waals surface area contributed by atoms with E-state index in [0.717, 1.165) is 16.0 Å². The van der Waals surface area contributed by atoms with Gasteiger partial charge in [-0.2, -0.15) is 0 Å². The summed E-state index contributed by atoms with van der Waals surface area (Å²) in [7, 11) is 1.33. The number of rotatable bonds is 4. The molecule has 0 aliphatic heterocycles. The van der Waals surface area contributed by atoms with Gasteiger partial charge in [0.1, 0.15) is 5.00 Å². The molecule has 0 radical (unpaired) electrons. The van der Waals surface area contributed by atoms with Gasteiger partial charge in [-0.1, -0.05) is 48.0 Å². The predicted octanol–water partition coefficient (Wildman–Crippen LogP) is 6.27. The maximum Gasteiger partial charge on any atom is 0.341 e. The van der Waals surface area contributed by atoms with Crippen LogP contribution in [0, 0.1) is 13.8 Å². The summed E-state index contributed by atoms with van der Waals surface area (Å²) in [4.78, 5) is 31.3. The maximum absolute atomic E-state index is 13.4. The van der Waals surface area contributed by atoms with Gasteiger partial charge in [0.15, 0.2) is 0 Å². The van der Waals surface area contributed by atoms with Crippen molar-refractivity contribution in [3.05, 3.63) is 81.2 Å². The summed E-state index contributed by atoms with van der Waals surface area (Å²) in [6.07, 6.45) is 0. The fourth-order valence-electron chi connectivity index (χ4n) is 3.40. The molecule has 7 heteroatoms. The minimum atomic E-state index is -0.478. The monoisotopic (exact) mass is 450 g/mol. The van der Waals surface area contributed by atoms with Crippen molar-refractivity contribution in [1.29, 1.82) is 0 Å². The lowest BCUT2D eigenvalue weighted by molar-refractivity contribution is 0.0601. The molecule has 4 aromatic rings. The van der Waals surface area contributed by atoms with Crippen molar-refractivity contribution in [2.24, 2.45) is 0 Å². The number of benzene rings is 2. The fraction of sp³-hybridized carbons (Fsp3) is 0.125. The molecular weight excluding hydrogens is 432 g/mol. The number of halogens is 1. The summed E-state index contributed by atoms with van der Waals surface area (Å²) in [5.74, 6) is -0.813. The number of hydrogen-bond donors (Lipinski definition) is 1. The minimum Gasteiger partial charge on any atom is -0.465 e. The third-order valence-corrected chi connectivity index (χ3v) is 6.56. The second kappa shape index (κ2) is 8.49. The molecule has 4 rings (SSSR count). The van der Waals surface area contributed by atoms with Gasteiger partial charge in [-0.05, 0) is 37.6 Å². The van der Waals surface area contributed by atoms with Crippen molar-refractivity contribution in [2.75, 3.05) is 12.4 Å². The Hall–Kier alpha value is -3.22. The first-order chi connectivity index (χ1) is 14.9. The van der Waals surface area contributed by atoms with Gasteiger partial charge >= 0.3 is 5.97 Å². The number of carbonyl (C=O) groups excluding carboxylic acids is 2. The molecule has 0 saturated heterocycles. The zero-order valence-electron chi connectivity index (χ0n) is 17.2. The average Bonchev–Trinajstić information content (AvgIpc) is 3.05. The second-order valence-corrected chi connectivity index (χ2v) is 8.62. The van der Waals surface area contributed by atoms with Gasteiger partial charge in [0.25, 0.3) is 5.91 Å². The highest BCUT2D eigenvalue weighted by atomic mass is 35.5. The Balaban J connectivity index is 1.83. The number of hydrogen-bond acceptors (Lipinski definition) is 5. The van der Waals surface area contributed by atoms with E-state index in [-0.39, 0.29) is 5.91 Å². The Kier molecular flexibility index (Phi) is 5.76. The number of esters is 1. The first kappa shape index (κ1) is 21.0. The van der Waals surface area contributed by atoms with Crippen LogP contribution in [-0.2, 0) is 4.74 Å². The van der Waals surface area contributed by atoms with Gasteiger partial charge in [-0.25, -0.2) is 9.78 Å². The molecule has 2 heterocycles. The van der Waals surface area contributed by atoms with Crippen molar-refractivity contribution in [3.63, 3.8) is 0 Å². The summed E-state index contributed by atoms with van der Waals surface area (Å²) in [6, 6.07) is 16.5. The van der Waals surface area contributed by atoms with Gasteiger partial charge in [0.2, 0.25) is 0 Å². The van der Waals surface area contributed by atoms with E-state index in [4.69, 9.17) is 21.3 Å². The largest absolute Gasteiger partial charge is 0.465 e. The van der Waals surface area contributed by atoms with Crippen molar-refractivity contribution in [3.8, 4) is 11.3 Å². The highest BCUT2D eigenvalue weighted by Gasteiger charge is 2.23. The van der Waals surface area contributed by atoms with Gasteiger partial charge in [-0.15, -0.1) is 11.3 Å². The molecule has 2 aromatic heterocycles. The quantitative estimate of drug-likeness (QED) is 0.372.